The summed E-state index contributed by atoms with van der Waals surface area (Å²) in [5.41, 5.74) is 0. The normalized spacial score (nSPS) is 38.3. The molecule has 3 aliphatic heterocycles. The van der Waals surface area contributed by atoms with Crippen molar-refractivity contribution in [3.8, 4) is 0 Å². The van der Waals surface area contributed by atoms with Gasteiger partial charge in [-0.25, -0.2) is 0 Å². The van der Waals surface area contributed by atoms with E-state index in [1.54, 1.807) is 9.80 Å². The van der Waals surface area contributed by atoms with Gasteiger partial charge < -0.3 is 9.80 Å². The van der Waals surface area contributed by atoms with Crippen molar-refractivity contribution in [3.63, 3.8) is 0 Å². The van der Waals surface area contributed by atoms with E-state index in [4.69, 9.17) is 0 Å². The summed E-state index contributed by atoms with van der Waals surface area (Å²) in [5.74, 6) is -1.18. The van der Waals surface area contributed by atoms with Crippen molar-refractivity contribution in [1.29, 1.82) is 0 Å². The van der Waals surface area contributed by atoms with Crippen LogP contribution in [-0.4, -0.2) is 94.3 Å². The van der Waals surface area contributed by atoms with E-state index in [0.717, 1.165) is 12.8 Å². The van der Waals surface area contributed by atoms with Crippen LogP contribution in [0.5, 0.6) is 0 Å². The van der Waals surface area contributed by atoms with Crippen molar-refractivity contribution in [2.75, 3.05) is 39.3 Å². The third kappa shape index (κ3) is 3.37. The number of amides is 6. The first kappa shape index (κ1) is 23.8. The van der Waals surface area contributed by atoms with Crippen LogP contribution in [0.3, 0.4) is 0 Å². The number of likely N-dealkylation sites (tertiary alicyclic amines) is 2. The quantitative estimate of drug-likeness (QED) is 0.361. The summed E-state index contributed by atoms with van der Waals surface area (Å²) in [5, 5.41) is 0. The average molecular weight is 521 g/mol. The average Bonchev–Trinajstić information content (AvgIpc) is 3.76. The molecule has 3 saturated heterocycles. The number of allylic oxidation sites excluding steroid dienone is 4. The molecule has 8 atom stereocenters. The summed E-state index contributed by atoms with van der Waals surface area (Å²) >= 11 is 0. The van der Waals surface area contributed by atoms with Crippen molar-refractivity contribution in [1.82, 2.24) is 19.6 Å². The van der Waals surface area contributed by atoms with E-state index in [1.807, 2.05) is 0 Å². The third-order valence-electron chi connectivity index (χ3n) is 10.2. The fourth-order valence-corrected chi connectivity index (χ4v) is 8.31. The SMILES string of the molecule is O=C(CCN1C(=O)[C@@H]2[C@H](C1=O)[C@H]1C=C[C@H]2C1)N1CCN(C(=O)CCN2C(=O)[C@H]3[C@H](C2=O)[C@H]2C=C[C@H]3C2)CC1. The lowest BCUT2D eigenvalue weighted by atomic mass is 9.85. The van der Waals surface area contributed by atoms with Gasteiger partial charge in [0.1, 0.15) is 0 Å². The lowest BCUT2D eigenvalue weighted by Gasteiger charge is -2.35. The van der Waals surface area contributed by atoms with E-state index in [1.165, 1.54) is 9.80 Å². The maximum Gasteiger partial charge on any atom is 0.233 e. The molecule has 38 heavy (non-hydrogen) atoms. The van der Waals surface area contributed by atoms with Gasteiger partial charge in [-0.05, 0) is 36.5 Å². The zero-order valence-electron chi connectivity index (χ0n) is 21.2. The Balaban J connectivity index is 0.866. The number of carbonyl (C=O) groups excluding carboxylic acids is 6. The maximum atomic E-state index is 12.8. The minimum Gasteiger partial charge on any atom is -0.339 e. The van der Waals surface area contributed by atoms with Crippen molar-refractivity contribution in [3.05, 3.63) is 24.3 Å². The minimum atomic E-state index is -0.250. The Labute approximate surface area is 220 Å². The van der Waals surface area contributed by atoms with Crippen molar-refractivity contribution in [2.45, 2.75) is 25.7 Å². The van der Waals surface area contributed by atoms with Gasteiger partial charge in [-0.3, -0.25) is 38.6 Å². The minimum absolute atomic E-state index is 0.0893. The van der Waals surface area contributed by atoms with E-state index >= 15 is 0 Å². The molecule has 0 spiro atoms. The molecule has 7 aliphatic rings. The van der Waals surface area contributed by atoms with Crippen molar-refractivity contribution >= 4 is 35.4 Å². The second-order valence-electron chi connectivity index (χ2n) is 11.9. The molecule has 0 aromatic heterocycles. The van der Waals surface area contributed by atoms with Crippen LogP contribution in [0.15, 0.2) is 24.3 Å². The molecule has 2 saturated carbocycles. The number of fused-ring (bicyclic) bond motifs is 10. The highest BCUT2D eigenvalue weighted by molar-refractivity contribution is 6.07. The molecule has 3 heterocycles. The van der Waals surface area contributed by atoms with Gasteiger partial charge in [0.25, 0.3) is 0 Å². The van der Waals surface area contributed by atoms with E-state index in [0.29, 0.717) is 26.2 Å². The zero-order valence-corrected chi connectivity index (χ0v) is 21.2. The third-order valence-corrected chi connectivity index (χ3v) is 10.2. The Hall–Kier alpha value is -3.30. The number of hydrogen-bond acceptors (Lipinski definition) is 6. The van der Waals surface area contributed by atoms with Gasteiger partial charge in [-0.1, -0.05) is 24.3 Å². The number of hydrogen-bond donors (Lipinski definition) is 0. The van der Waals surface area contributed by atoms with E-state index in [2.05, 4.69) is 24.3 Å². The number of nitrogens with zero attached hydrogens (tertiary/aromatic N) is 4. The van der Waals surface area contributed by atoms with E-state index in [9.17, 15) is 28.8 Å². The Morgan fingerprint density at radius 2 is 0.842 bits per heavy atom. The van der Waals surface area contributed by atoms with Crippen LogP contribution >= 0.6 is 0 Å². The summed E-state index contributed by atoms with van der Waals surface area (Å²) in [6.45, 7) is 1.75. The van der Waals surface area contributed by atoms with Crippen LogP contribution < -0.4 is 0 Å². The van der Waals surface area contributed by atoms with Crippen LogP contribution in [0.1, 0.15) is 25.7 Å². The molecule has 4 aliphatic carbocycles. The summed E-state index contributed by atoms with van der Waals surface area (Å²) in [6.07, 6.45) is 10.2. The first-order valence-corrected chi connectivity index (χ1v) is 14.0. The number of carbonyl (C=O) groups is 6. The van der Waals surface area contributed by atoms with Gasteiger partial charge in [0.2, 0.25) is 35.4 Å². The molecule has 5 fully saturated rings. The largest absolute Gasteiger partial charge is 0.339 e. The second-order valence-corrected chi connectivity index (χ2v) is 11.9. The molecule has 7 rings (SSSR count). The van der Waals surface area contributed by atoms with Gasteiger partial charge in [0.15, 0.2) is 0 Å². The van der Waals surface area contributed by atoms with Crippen LogP contribution in [-0.2, 0) is 28.8 Å². The molecule has 4 bridgehead atoms. The molecular formula is C28H32N4O6. The predicted molar refractivity (Wildman–Crippen MR) is 131 cm³/mol. The van der Waals surface area contributed by atoms with Gasteiger partial charge in [-0.2, -0.15) is 0 Å². The lowest BCUT2D eigenvalue weighted by molar-refractivity contribution is -0.145. The highest BCUT2D eigenvalue weighted by Gasteiger charge is 2.60. The number of imide groups is 2. The maximum absolute atomic E-state index is 12.8. The molecular weight excluding hydrogens is 488 g/mol. The topological polar surface area (TPSA) is 115 Å². The predicted octanol–water partition coefficient (Wildman–Crippen LogP) is 0.0516. The Kier molecular flexibility index (Phi) is 5.39. The molecule has 0 radical (unpaired) electrons. The molecule has 0 unspecified atom stereocenters. The first-order chi connectivity index (χ1) is 18.3. The summed E-state index contributed by atoms with van der Waals surface area (Å²) in [4.78, 5) is 82.9. The first-order valence-electron chi connectivity index (χ1n) is 14.0. The van der Waals surface area contributed by atoms with Crippen LogP contribution in [0.4, 0.5) is 0 Å². The molecule has 6 amide bonds. The molecule has 0 aromatic carbocycles. The van der Waals surface area contributed by atoms with E-state index < -0.39 is 0 Å². The lowest BCUT2D eigenvalue weighted by Crippen LogP contribution is -2.51. The van der Waals surface area contributed by atoms with Gasteiger partial charge in [0.05, 0.1) is 23.7 Å². The van der Waals surface area contributed by atoms with Crippen molar-refractivity contribution < 1.29 is 28.8 Å². The Morgan fingerprint density at radius 1 is 0.553 bits per heavy atom. The number of rotatable bonds is 6. The molecule has 0 N–H and O–H groups in total. The van der Waals surface area contributed by atoms with Gasteiger partial charge in [-0.15, -0.1) is 0 Å². The Bertz CT molecular complexity index is 1050. The van der Waals surface area contributed by atoms with Gasteiger partial charge in [0, 0.05) is 52.1 Å². The molecule has 10 nitrogen and oxygen atoms in total. The fraction of sp³-hybridized carbons (Fsp3) is 0.643. The number of piperazine rings is 1. The zero-order chi connectivity index (χ0) is 26.3. The van der Waals surface area contributed by atoms with E-state index in [-0.39, 0.29) is 109 Å². The molecule has 10 heteroatoms. The summed E-state index contributed by atoms with van der Waals surface area (Å²) < 4.78 is 0. The summed E-state index contributed by atoms with van der Waals surface area (Å²) in [6, 6.07) is 0. The molecule has 200 valence electrons. The van der Waals surface area contributed by atoms with Crippen LogP contribution in [0.2, 0.25) is 0 Å². The van der Waals surface area contributed by atoms with Crippen molar-refractivity contribution in [2.24, 2.45) is 47.3 Å². The molecule has 0 aromatic rings. The highest BCUT2D eigenvalue weighted by Crippen LogP contribution is 2.53. The second kappa shape index (κ2) is 8.61. The fourth-order valence-electron chi connectivity index (χ4n) is 8.31. The Morgan fingerprint density at radius 3 is 1.13 bits per heavy atom. The van der Waals surface area contributed by atoms with Crippen LogP contribution in [0, 0.1) is 47.3 Å². The monoisotopic (exact) mass is 520 g/mol. The van der Waals surface area contributed by atoms with Gasteiger partial charge >= 0.3 is 0 Å². The smallest absolute Gasteiger partial charge is 0.233 e. The summed E-state index contributed by atoms with van der Waals surface area (Å²) in [7, 11) is 0. The highest BCUT2D eigenvalue weighted by atomic mass is 16.2. The van der Waals surface area contributed by atoms with Crippen LogP contribution in [0.25, 0.3) is 0 Å². The standard InChI is InChI=1S/C28H32N4O6/c33-19(5-7-31-25(35)21-15-1-2-16(13-15)22(21)26(31)36)29-9-11-30(12-10-29)20(34)6-8-32-27(37)23-17-3-4-18(14-17)24(23)28(32)38/h1-4,15-18,21-24H,5-14H2/t15-,16-,17-,18-,21-,22+,23+,24+/m0/s1.